The second kappa shape index (κ2) is 19.1. The molecule has 0 aliphatic carbocycles. The monoisotopic (exact) mass is 489 g/mol. The van der Waals surface area contributed by atoms with Gasteiger partial charge in [0.25, 0.3) is 0 Å². The van der Waals surface area contributed by atoms with E-state index in [0.29, 0.717) is 69.7 Å². The Hall–Kier alpha value is -1.29. The molecule has 0 aromatic heterocycles. The molecule has 0 aliphatic rings. The number of amides is 2. The van der Waals surface area contributed by atoms with Gasteiger partial charge in [0.1, 0.15) is 0 Å². The molecule has 0 bridgehead atoms. The number of rotatable bonds is 20. The van der Waals surface area contributed by atoms with Crippen LogP contribution in [0.25, 0.3) is 0 Å². The van der Waals surface area contributed by atoms with Crippen LogP contribution in [0.1, 0.15) is 60.3 Å². The summed E-state index contributed by atoms with van der Waals surface area (Å²) in [5, 5.41) is 6.31. The molecule has 0 rings (SSSR count). The van der Waals surface area contributed by atoms with Crippen LogP contribution in [0, 0.1) is 23.7 Å². The van der Waals surface area contributed by atoms with E-state index in [1.807, 2.05) is 20.8 Å². The van der Waals surface area contributed by atoms with Crippen LogP contribution in [0.5, 0.6) is 0 Å². The summed E-state index contributed by atoms with van der Waals surface area (Å²) in [4.78, 5) is 25.9. The number of nitrogens with one attached hydrogen (secondary N) is 2. The standard InChI is InChI=1S/C24H47N3O5S/c1-7-8-19(22(25)28)20(15-17(2)3)23(29)27-21(16-18(4)5)24(33)26-9-10-31-13-14-32-12-11-30-6/h17-21H,7-16H2,1-6H3,(H2,25,28)(H,26,33)(H,27,29)/t19-,20+,21-/m0/s1. The number of hydrogen-bond donors (Lipinski definition) is 3. The summed E-state index contributed by atoms with van der Waals surface area (Å²) in [6.07, 6.45) is 2.70. The molecular weight excluding hydrogens is 442 g/mol. The second-order valence-electron chi connectivity index (χ2n) is 9.23. The Bertz CT molecular complexity index is 560. The minimum atomic E-state index is -0.474. The van der Waals surface area contributed by atoms with Crippen LogP contribution in [0.3, 0.4) is 0 Å². The molecule has 0 aromatic carbocycles. The highest BCUT2D eigenvalue weighted by Gasteiger charge is 2.34. The topological polar surface area (TPSA) is 112 Å². The van der Waals surface area contributed by atoms with Gasteiger partial charge in [-0.05, 0) is 31.1 Å². The van der Waals surface area contributed by atoms with Crippen molar-refractivity contribution in [1.29, 1.82) is 0 Å². The Morgan fingerprint density at radius 1 is 0.909 bits per heavy atom. The van der Waals surface area contributed by atoms with Gasteiger partial charge in [0, 0.05) is 25.5 Å². The summed E-state index contributed by atoms with van der Waals surface area (Å²) in [6.45, 7) is 13.4. The number of carbonyl (C=O) groups excluding carboxylic acids is 2. The highest BCUT2D eigenvalue weighted by Crippen LogP contribution is 2.25. The average Bonchev–Trinajstić information content (AvgIpc) is 2.73. The first kappa shape index (κ1) is 31.7. The minimum absolute atomic E-state index is 0.153. The molecule has 0 unspecified atom stereocenters. The van der Waals surface area contributed by atoms with Crippen molar-refractivity contribution in [3.63, 3.8) is 0 Å². The lowest BCUT2D eigenvalue weighted by molar-refractivity contribution is -0.134. The molecule has 0 aromatic rings. The number of methoxy groups -OCH3 is 1. The van der Waals surface area contributed by atoms with Gasteiger partial charge in [-0.25, -0.2) is 0 Å². The summed E-state index contributed by atoms with van der Waals surface area (Å²) >= 11 is 5.59. The third kappa shape index (κ3) is 15.3. The molecule has 0 fully saturated rings. The summed E-state index contributed by atoms with van der Waals surface area (Å²) in [7, 11) is 1.63. The van der Waals surface area contributed by atoms with Gasteiger partial charge in [0.05, 0.1) is 44.1 Å². The number of thiocarbonyl (C=S) groups is 1. The minimum Gasteiger partial charge on any atom is -0.382 e. The SMILES string of the molecule is CCC[C@H](C(N)=O)[C@@H](CC(C)C)C(=O)N[C@@H](CC(C)C)C(=S)NCCOCCOCCOC. The molecule has 0 aliphatic heterocycles. The van der Waals surface area contributed by atoms with E-state index in [1.54, 1.807) is 7.11 Å². The van der Waals surface area contributed by atoms with E-state index in [0.717, 1.165) is 6.42 Å². The molecule has 0 heterocycles. The zero-order valence-electron chi connectivity index (χ0n) is 21.5. The lowest BCUT2D eigenvalue weighted by atomic mass is 9.81. The van der Waals surface area contributed by atoms with Gasteiger partial charge in [-0.2, -0.15) is 0 Å². The first-order valence-electron chi connectivity index (χ1n) is 12.2. The predicted molar refractivity (Wildman–Crippen MR) is 136 cm³/mol. The van der Waals surface area contributed by atoms with E-state index >= 15 is 0 Å². The predicted octanol–water partition coefficient (Wildman–Crippen LogP) is 2.68. The fraction of sp³-hybridized carbons (Fsp3) is 0.875. The summed E-state index contributed by atoms with van der Waals surface area (Å²) < 4.78 is 15.8. The Kier molecular flexibility index (Phi) is 18.3. The molecule has 4 N–H and O–H groups in total. The fourth-order valence-corrected chi connectivity index (χ4v) is 3.89. The van der Waals surface area contributed by atoms with Crippen molar-refractivity contribution >= 4 is 29.0 Å². The highest BCUT2D eigenvalue weighted by molar-refractivity contribution is 7.80. The van der Waals surface area contributed by atoms with Crippen LogP contribution in [-0.2, 0) is 23.8 Å². The Balaban J connectivity index is 4.87. The van der Waals surface area contributed by atoms with Gasteiger partial charge in [-0.1, -0.05) is 53.3 Å². The van der Waals surface area contributed by atoms with Crippen molar-refractivity contribution in [3.05, 3.63) is 0 Å². The maximum atomic E-state index is 13.3. The Labute approximate surface area is 206 Å². The molecule has 9 heteroatoms. The fourth-order valence-electron chi connectivity index (χ4n) is 3.63. The molecule has 0 saturated heterocycles. The number of nitrogens with two attached hydrogens (primary N) is 1. The molecule has 0 radical (unpaired) electrons. The second-order valence-corrected chi connectivity index (χ2v) is 9.67. The van der Waals surface area contributed by atoms with Crippen molar-refractivity contribution in [2.24, 2.45) is 29.4 Å². The maximum Gasteiger partial charge on any atom is 0.224 e. The Morgan fingerprint density at radius 2 is 1.48 bits per heavy atom. The third-order valence-corrected chi connectivity index (χ3v) is 5.63. The van der Waals surface area contributed by atoms with E-state index in [-0.39, 0.29) is 17.9 Å². The van der Waals surface area contributed by atoms with E-state index < -0.39 is 17.7 Å². The molecule has 194 valence electrons. The molecule has 3 atom stereocenters. The van der Waals surface area contributed by atoms with Crippen molar-refractivity contribution in [3.8, 4) is 0 Å². The largest absolute Gasteiger partial charge is 0.382 e. The van der Waals surface area contributed by atoms with Crippen LogP contribution in [-0.4, -0.2) is 69.5 Å². The highest BCUT2D eigenvalue weighted by atomic mass is 32.1. The van der Waals surface area contributed by atoms with Gasteiger partial charge >= 0.3 is 0 Å². The van der Waals surface area contributed by atoms with E-state index in [9.17, 15) is 9.59 Å². The smallest absolute Gasteiger partial charge is 0.224 e. The van der Waals surface area contributed by atoms with Gasteiger partial charge in [-0.3, -0.25) is 9.59 Å². The molecule has 0 spiro atoms. The molecule has 33 heavy (non-hydrogen) atoms. The number of carbonyl (C=O) groups is 2. The zero-order chi connectivity index (χ0) is 25.2. The van der Waals surface area contributed by atoms with E-state index in [4.69, 9.17) is 32.2 Å². The van der Waals surface area contributed by atoms with Crippen LogP contribution in [0.2, 0.25) is 0 Å². The number of hydrogen-bond acceptors (Lipinski definition) is 6. The van der Waals surface area contributed by atoms with Gasteiger partial charge in [0.2, 0.25) is 11.8 Å². The zero-order valence-corrected chi connectivity index (χ0v) is 22.3. The maximum absolute atomic E-state index is 13.3. The first-order valence-corrected chi connectivity index (χ1v) is 12.6. The summed E-state index contributed by atoms with van der Waals surface area (Å²) in [5.41, 5.74) is 5.66. The first-order chi connectivity index (χ1) is 15.6. The van der Waals surface area contributed by atoms with E-state index in [1.165, 1.54) is 0 Å². The van der Waals surface area contributed by atoms with Crippen molar-refractivity contribution < 1.29 is 23.8 Å². The van der Waals surface area contributed by atoms with Gasteiger partial charge in [0.15, 0.2) is 0 Å². The van der Waals surface area contributed by atoms with Crippen molar-refractivity contribution in [1.82, 2.24) is 10.6 Å². The normalized spacial score (nSPS) is 14.2. The third-order valence-electron chi connectivity index (χ3n) is 5.20. The van der Waals surface area contributed by atoms with Crippen LogP contribution in [0.4, 0.5) is 0 Å². The molecular formula is C24H47N3O5S. The lowest BCUT2D eigenvalue weighted by Crippen LogP contribution is -2.51. The van der Waals surface area contributed by atoms with E-state index in [2.05, 4.69) is 24.5 Å². The summed E-state index contributed by atoms with van der Waals surface area (Å²) in [5.74, 6) is -0.896. The van der Waals surface area contributed by atoms with Gasteiger partial charge < -0.3 is 30.6 Å². The molecule has 0 saturated carbocycles. The lowest BCUT2D eigenvalue weighted by Gasteiger charge is -2.29. The van der Waals surface area contributed by atoms with Crippen LogP contribution >= 0.6 is 12.2 Å². The number of ether oxygens (including phenoxy) is 3. The van der Waals surface area contributed by atoms with Crippen molar-refractivity contribution in [2.45, 2.75) is 66.3 Å². The summed E-state index contributed by atoms with van der Waals surface area (Å²) in [6, 6.07) is -0.310. The van der Waals surface area contributed by atoms with Crippen LogP contribution < -0.4 is 16.4 Å². The van der Waals surface area contributed by atoms with Gasteiger partial charge in [-0.15, -0.1) is 0 Å². The Morgan fingerprint density at radius 3 is 2.00 bits per heavy atom. The quantitative estimate of drug-likeness (QED) is 0.178. The average molecular weight is 490 g/mol. The van der Waals surface area contributed by atoms with Crippen molar-refractivity contribution in [2.75, 3.05) is 46.7 Å². The molecule has 8 nitrogen and oxygen atoms in total. The van der Waals surface area contributed by atoms with Crippen LogP contribution in [0.15, 0.2) is 0 Å². The molecule has 2 amide bonds. The number of primary amides is 1.